The molecule has 1 amide bonds. The predicted octanol–water partition coefficient (Wildman–Crippen LogP) is 3.13. The van der Waals surface area contributed by atoms with Crippen molar-refractivity contribution in [3.63, 3.8) is 0 Å². The van der Waals surface area contributed by atoms with Crippen molar-refractivity contribution >= 4 is 17.2 Å². The maximum Gasteiger partial charge on any atom is 0.237 e. The van der Waals surface area contributed by atoms with Crippen molar-refractivity contribution in [2.75, 3.05) is 59.7 Å². The summed E-state index contributed by atoms with van der Waals surface area (Å²) in [6, 6.07) is 7.75. The molecule has 0 aliphatic carbocycles. The Morgan fingerprint density at radius 3 is 2.85 bits per heavy atom. The maximum atomic E-state index is 13.5. The largest absolute Gasteiger partial charge is 0.491 e. The van der Waals surface area contributed by atoms with E-state index in [1.807, 2.05) is 22.1 Å². The molecule has 1 aliphatic rings. The fourth-order valence-electron chi connectivity index (χ4n) is 4.13. The predicted molar refractivity (Wildman–Crippen MR) is 130 cm³/mol. The van der Waals surface area contributed by atoms with Gasteiger partial charge in [-0.2, -0.15) is 0 Å². The summed E-state index contributed by atoms with van der Waals surface area (Å²) < 4.78 is 29.7. The van der Waals surface area contributed by atoms with Crippen LogP contribution in [0, 0.1) is 5.82 Å². The summed E-state index contributed by atoms with van der Waals surface area (Å²) >= 11 is 1.70. The van der Waals surface area contributed by atoms with Crippen LogP contribution in [0.5, 0.6) is 5.75 Å². The van der Waals surface area contributed by atoms with Gasteiger partial charge in [0.1, 0.15) is 18.2 Å². The fraction of sp³-hybridized carbons (Fsp3) is 0.560. The zero-order valence-electron chi connectivity index (χ0n) is 20.0. The highest BCUT2D eigenvalue weighted by molar-refractivity contribution is 7.10. The molecule has 3 rings (SSSR count). The molecule has 2 aromatic rings. The third kappa shape index (κ3) is 7.74. The fourth-order valence-corrected chi connectivity index (χ4v) is 5.06. The first-order chi connectivity index (χ1) is 16.5. The van der Waals surface area contributed by atoms with Gasteiger partial charge in [0, 0.05) is 44.8 Å². The molecular formula is C25H35FN2O5S. The van der Waals surface area contributed by atoms with Gasteiger partial charge >= 0.3 is 0 Å². The smallest absolute Gasteiger partial charge is 0.237 e. The minimum absolute atomic E-state index is 0.00872. The Balaban J connectivity index is 1.68. The number of aliphatic hydroxyl groups is 1. The third-order valence-electron chi connectivity index (χ3n) is 5.80. The van der Waals surface area contributed by atoms with E-state index in [9.17, 15) is 14.3 Å². The Labute approximate surface area is 205 Å². The van der Waals surface area contributed by atoms with Crippen molar-refractivity contribution < 1.29 is 28.5 Å². The number of carbonyl (C=O) groups excluding carboxylic acids is 1. The van der Waals surface area contributed by atoms with Crippen molar-refractivity contribution in [3.8, 4) is 5.75 Å². The highest BCUT2D eigenvalue weighted by atomic mass is 32.1. The molecule has 9 heteroatoms. The number of fused-ring (bicyclic) bond motifs is 1. The number of rotatable bonds is 14. The van der Waals surface area contributed by atoms with Crippen molar-refractivity contribution in [1.82, 2.24) is 9.80 Å². The van der Waals surface area contributed by atoms with Gasteiger partial charge in [-0.1, -0.05) is 0 Å². The van der Waals surface area contributed by atoms with Crippen LogP contribution in [0.3, 0.4) is 0 Å². The Hall–Kier alpha value is -2.04. The summed E-state index contributed by atoms with van der Waals surface area (Å²) in [6.45, 7) is 5.32. The van der Waals surface area contributed by atoms with Crippen LogP contribution in [0.25, 0.3) is 0 Å². The average Bonchev–Trinajstić information content (AvgIpc) is 3.31. The first kappa shape index (κ1) is 26.6. The van der Waals surface area contributed by atoms with E-state index in [1.54, 1.807) is 30.6 Å². The molecule has 0 bridgehead atoms. The van der Waals surface area contributed by atoms with Crippen LogP contribution in [0.4, 0.5) is 4.39 Å². The number of halogens is 1. The highest BCUT2D eigenvalue weighted by Gasteiger charge is 2.33. The number of benzene rings is 1. The molecule has 188 valence electrons. The number of hydrogen-bond acceptors (Lipinski definition) is 7. The molecule has 0 spiro atoms. The number of ether oxygens (including phenoxy) is 3. The molecule has 0 fully saturated rings. The standard InChI is InChI=1S/C25H35FN2O5S/c1-3-32-17-20(29)15-27(11-4-13-31-2)16-25(30)28-12-9-24-22(10-14-34-24)23(28)18-33-21-7-5-19(26)6-8-21/h5-8,10,14,20,23,29H,3-4,9,11-13,15-18H2,1-2H3/t20-,23-/m0/s1. The molecule has 7 nitrogen and oxygen atoms in total. The Morgan fingerprint density at radius 2 is 2.12 bits per heavy atom. The maximum absolute atomic E-state index is 13.5. The summed E-state index contributed by atoms with van der Waals surface area (Å²) in [6.07, 6.45) is 0.900. The molecule has 0 saturated heterocycles. The van der Waals surface area contributed by atoms with Gasteiger partial charge in [0.25, 0.3) is 0 Å². The Morgan fingerprint density at radius 1 is 1.32 bits per heavy atom. The van der Waals surface area contributed by atoms with Crippen molar-refractivity contribution in [2.24, 2.45) is 0 Å². The summed E-state index contributed by atoms with van der Waals surface area (Å²) in [5.41, 5.74) is 1.11. The number of nitrogens with zero attached hydrogens (tertiary/aromatic N) is 2. The Bertz CT molecular complexity index is 878. The monoisotopic (exact) mass is 494 g/mol. The minimum Gasteiger partial charge on any atom is -0.491 e. The molecule has 2 heterocycles. The van der Waals surface area contributed by atoms with E-state index in [0.29, 0.717) is 38.6 Å². The lowest BCUT2D eigenvalue weighted by molar-refractivity contribution is -0.136. The number of hydrogen-bond donors (Lipinski definition) is 1. The lowest BCUT2D eigenvalue weighted by Crippen LogP contribution is -2.48. The van der Waals surface area contributed by atoms with E-state index in [1.165, 1.54) is 17.0 Å². The molecule has 0 unspecified atom stereocenters. The number of aliphatic hydroxyl groups excluding tert-OH is 1. The molecule has 1 aliphatic heterocycles. The second kappa shape index (κ2) is 13.7. The minimum atomic E-state index is -0.669. The van der Waals surface area contributed by atoms with Gasteiger partial charge in [-0.15, -0.1) is 11.3 Å². The molecule has 0 radical (unpaired) electrons. The SMILES string of the molecule is CCOC[C@@H](O)CN(CCCOC)CC(=O)N1CCc2sccc2[C@@H]1COc1ccc(F)cc1. The van der Waals surface area contributed by atoms with Crippen LogP contribution in [-0.4, -0.2) is 86.6 Å². The van der Waals surface area contributed by atoms with Crippen LogP contribution in [0.15, 0.2) is 35.7 Å². The highest BCUT2D eigenvalue weighted by Crippen LogP contribution is 2.34. The van der Waals surface area contributed by atoms with Gasteiger partial charge in [-0.3, -0.25) is 9.69 Å². The van der Waals surface area contributed by atoms with E-state index in [0.717, 1.165) is 18.4 Å². The van der Waals surface area contributed by atoms with Crippen molar-refractivity contribution in [1.29, 1.82) is 0 Å². The van der Waals surface area contributed by atoms with Gasteiger partial charge in [-0.05, 0) is 61.0 Å². The first-order valence-electron chi connectivity index (χ1n) is 11.7. The molecular weight excluding hydrogens is 459 g/mol. The van der Waals surface area contributed by atoms with E-state index in [4.69, 9.17) is 14.2 Å². The number of amides is 1. The van der Waals surface area contributed by atoms with Gasteiger partial charge in [-0.25, -0.2) is 4.39 Å². The number of carbonyl (C=O) groups is 1. The van der Waals surface area contributed by atoms with Gasteiger partial charge in [0.2, 0.25) is 5.91 Å². The van der Waals surface area contributed by atoms with Gasteiger partial charge in [0.15, 0.2) is 0 Å². The Kier molecular flexibility index (Phi) is 10.7. The zero-order chi connectivity index (χ0) is 24.3. The average molecular weight is 495 g/mol. The van der Waals surface area contributed by atoms with Crippen LogP contribution in [0.1, 0.15) is 29.8 Å². The van der Waals surface area contributed by atoms with Crippen LogP contribution < -0.4 is 4.74 Å². The van der Waals surface area contributed by atoms with E-state index < -0.39 is 6.10 Å². The number of thiophene rings is 1. The van der Waals surface area contributed by atoms with Crippen LogP contribution >= 0.6 is 11.3 Å². The first-order valence-corrected chi connectivity index (χ1v) is 12.6. The molecule has 34 heavy (non-hydrogen) atoms. The summed E-state index contributed by atoms with van der Waals surface area (Å²) in [4.78, 5) is 18.6. The van der Waals surface area contributed by atoms with Gasteiger partial charge < -0.3 is 24.2 Å². The van der Waals surface area contributed by atoms with Crippen molar-refractivity contribution in [2.45, 2.75) is 31.9 Å². The van der Waals surface area contributed by atoms with Crippen LogP contribution in [0.2, 0.25) is 0 Å². The lowest BCUT2D eigenvalue weighted by Gasteiger charge is -2.37. The van der Waals surface area contributed by atoms with E-state index in [-0.39, 0.29) is 37.5 Å². The quantitative estimate of drug-likeness (QED) is 0.407. The van der Waals surface area contributed by atoms with E-state index >= 15 is 0 Å². The molecule has 0 saturated carbocycles. The second-order valence-corrected chi connectivity index (χ2v) is 9.31. The topological polar surface area (TPSA) is 71.5 Å². The summed E-state index contributed by atoms with van der Waals surface area (Å²) in [5.74, 6) is 0.240. The third-order valence-corrected chi connectivity index (χ3v) is 6.80. The van der Waals surface area contributed by atoms with E-state index in [2.05, 4.69) is 6.07 Å². The lowest BCUT2D eigenvalue weighted by atomic mass is 10.0. The summed E-state index contributed by atoms with van der Waals surface area (Å²) in [5, 5.41) is 12.4. The molecule has 1 aromatic heterocycles. The van der Waals surface area contributed by atoms with Crippen molar-refractivity contribution in [3.05, 3.63) is 52.0 Å². The number of methoxy groups -OCH3 is 1. The molecule has 2 atom stereocenters. The van der Waals surface area contributed by atoms with Crippen LogP contribution in [-0.2, 0) is 20.7 Å². The van der Waals surface area contributed by atoms with Gasteiger partial charge in [0.05, 0.1) is 25.3 Å². The summed E-state index contributed by atoms with van der Waals surface area (Å²) in [7, 11) is 1.65. The zero-order valence-corrected chi connectivity index (χ0v) is 20.8. The molecule has 1 N–H and O–H groups in total. The normalized spacial score (nSPS) is 16.5. The molecule has 1 aromatic carbocycles. The second-order valence-electron chi connectivity index (χ2n) is 8.31.